The van der Waals surface area contributed by atoms with Gasteiger partial charge in [-0.05, 0) is 19.4 Å². The van der Waals surface area contributed by atoms with E-state index in [1.807, 2.05) is 44.2 Å². The molecule has 4 nitrogen and oxygen atoms in total. The Morgan fingerprint density at radius 1 is 1.28 bits per heavy atom. The lowest BCUT2D eigenvalue weighted by atomic mass is 9.84. The van der Waals surface area contributed by atoms with Crippen LogP contribution >= 0.6 is 0 Å². The van der Waals surface area contributed by atoms with Crippen molar-refractivity contribution in [1.82, 2.24) is 9.97 Å². The fraction of sp³-hybridized carbons (Fsp3) is 0.286. The molecule has 0 fully saturated rings. The molecule has 1 aromatic carbocycles. The molecule has 1 heterocycles. The van der Waals surface area contributed by atoms with Gasteiger partial charge in [-0.15, -0.1) is 0 Å². The molecule has 1 aromatic heterocycles. The van der Waals surface area contributed by atoms with E-state index < -0.39 is 0 Å². The molecule has 0 saturated carbocycles. The number of nitrogens with two attached hydrogens (primary N) is 1. The van der Waals surface area contributed by atoms with Crippen LogP contribution in [0.4, 0.5) is 0 Å². The largest absolute Gasteiger partial charge is 0.326 e. The van der Waals surface area contributed by atoms with Crippen LogP contribution in [0, 0.1) is 0 Å². The highest BCUT2D eigenvalue weighted by Gasteiger charge is 2.25. The lowest BCUT2D eigenvalue weighted by molar-refractivity contribution is 0.584. The highest BCUT2D eigenvalue weighted by atomic mass is 16.1. The van der Waals surface area contributed by atoms with Crippen LogP contribution in [0.5, 0.6) is 0 Å². The molecule has 2 aromatic rings. The summed E-state index contributed by atoms with van der Waals surface area (Å²) in [7, 11) is 0. The summed E-state index contributed by atoms with van der Waals surface area (Å²) < 4.78 is 0. The smallest absolute Gasteiger partial charge is 0.255 e. The molecule has 0 spiro atoms. The molecule has 3 N–H and O–H groups in total. The Bertz CT molecular complexity index is 587. The molecule has 0 aliphatic heterocycles. The Morgan fingerprint density at radius 3 is 2.50 bits per heavy atom. The number of H-pyrrole nitrogens is 1. The van der Waals surface area contributed by atoms with E-state index in [4.69, 9.17) is 5.73 Å². The van der Waals surface area contributed by atoms with E-state index >= 15 is 0 Å². The van der Waals surface area contributed by atoms with Gasteiger partial charge in [-0.1, -0.05) is 30.3 Å². The molecule has 0 saturated heterocycles. The van der Waals surface area contributed by atoms with Gasteiger partial charge in [-0.25, -0.2) is 4.98 Å². The summed E-state index contributed by atoms with van der Waals surface area (Å²) >= 11 is 0. The lowest BCUT2D eigenvalue weighted by Crippen LogP contribution is -2.28. The Hall–Kier alpha value is -1.94. The first kappa shape index (κ1) is 12.5. The predicted octanol–water partition coefficient (Wildman–Crippen LogP) is 1.55. The summed E-state index contributed by atoms with van der Waals surface area (Å²) in [5, 5.41) is 0. The molecule has 94 valence electrons. The maximum Gasteiger partial charge on any atom is 0.255 e. The average Bonchev–Trinajstić information content (AvgIpc) is 2.39. The van der Waals surface area contributed by atoms with Crippen LogP contribution in [0.3, 0.4) is 0 Å². The number of benzene rings is 1. The zero-order valence-electron chi connectivity index (χ0n) is 10.6. The maximum absolute atomic E-state index is 11.8. The Kier molecular flexibility index (Phi) is 3.30. The standard InChI is InChI=1S/C14H17N3O/c1-14(2,11-6-4-3-5-7-11)13-16-9-10(8-15)12(18)17-13/h3-7,9H,8,15H2,1-2H3,(H,16,17,18). The van der Waals surface area contributed by atoms with Crippen molar-refractivity contribution in [2.24, 2.45) is 5.73 Å². The van der Waals surface area contributed by atoms with Crippen molar-refractivity contribution in [1.29, 1.82) is 0 Å². The van der Waals surface area contributed by atoms with Gasteiger partial charge in [0.25, 0.3) is 5.56 Å². The monoisotopic (exact) mass is 243 g/mol. The Balaban J connectivity index is 2.48. The number of rotatable bonds is 3. The van der Waals surface area contributed by atoms with Gasteiger partial charge in [-0.2, -0.15) is 0 Å². The van der Waals surface area contributed by atoms with E-state index in [-0.39, 0.29) is 17.5 Å². The van der Waals surface area contributed by atoms with Crippen LogP contribution in [-0.2, 0) is 12.0 Å². The summed E-state index contributed by atoms with van der Waals surface area (Å²) in [5.41, 5.74) is 6.57. The topological polar surface area (TPSA) is 71.8 Å². The number of nitrogens with one attached hydrogen (secondary N) is 1. The highest BCUT2D eigenvalue weighted by molar-refractivity contribution is 5.30. The summed E-state index contributed by atoms with van der Waals surface area (Å²) in [6, 6.07) is 9.97. The van der Waals surface area contributed by atoms with Gasteiger partial charge in [0.15, 0.2) is 0 Å². The minimum atomic E-state index is -0.340. The molecular weight excluding hydrogens is 226 g/mol. The first-order valence-corrected chi connectivity index (χ1v) is 5.90. The third-order valence-corrected chi connectivity index (χ3v) is 3.18. The number of aromatic nitrogens is 2. The SMILES string of the molecule is CC(C)(c1ccccc1)c1ncc(CN)c(=O)[nH]1. The summed E-state index contributed by atoms with van der Waals surface area (Å²) in [4.78, 5) is 18.9. The number of hydrogen-bond acceptors (Lipinski definition) is 3. The molecule has 2 rings (SSSR count). The van der Waals surface area contributed by atoms with Crippen LogP contribution in [0.2, 0.25) is 0 Å². The summed E-state index contributed by atoms with van der Waals surface area (Å²) in [6.07, 6.45) is 1.55. The van der Waals surface area contributed by atoms with Crippen molar-refractivity contribution in [3.05, 3.63) is 63.8 Å². The Morgan fingerprint density at radius 2 is 1.94 bits per heavy atom. The van der Waals surface area contributed by atoms with Crippen molar-refractivity contribution in [3.63, 3.8) is 0 Å². The van der Waals surface area contributed by atoms with Gasteiger partial charge in [-0.3, -0.25) is 4.79 Å². The summed E-state index contributed by atoms with van der Waals surface area (Å²) in [5.74, 6) is 0.649. The van der Waals surface area contributed by atoms with E-state index in [9.17, 15) is 4.79 Å². The minimum absolute atomic E-state index is 0.161. The Labute approximate surface area is 106 Å². The van der Waals surface area contributed by atoms with Gasteiger partial charge >= 0.3 is 0 Å². The molecule has 0 amide bonds. The van der Waals surface area contributed by atoms with Crippen LogP contribution < -0.4 is 11.3 Å². The average molecular weight is 243 g/mol. The zero-order chi connectivity index (χ0) is 13.2. The van der Waals surface area contributed by atoms with E-state index in [2.05, 4.69) is 9.97 Å². The fourth-order valence-corrected chi connectivity index (χ4v) is 1.88. The van der Waals surface area contributed by atoms with Gasteiger partial charge in [0.2, 0.25) is 0 Å². The van der Waals surface area contributed by atoms with Gasteiger partial charge in [0, 0.05) is 23.7 Å². The molecular formula is C14H17N3O. The van der Waals surface area contributed by atoms with Gasteiger partial charge in [0.1, 0.15) is 5.82 Å². The first-order valence-electron chi connectivity index (χ1n) is 5.90. The fourth-order valence-electron chi connectivity index (χ4n) is 1.88. The van der Waals surface area contributed by atoms with Crippen LogP contribution in [-0.4, -0.2) is 9.97 Å². The van der Waals surface area contributed by atoms with Crippen LogP contribution in [0.25, 0.3) is 0 Å². The van der Waals surface area contributed by atoms with E-state index in [1.165, 1.54) is 0 Å². The summed E-state index contributed by atoms with van der Waals surface area (Å²) in [6.45, 7) is 4.26. The molecule has 0 aliphatic carbocycles. The van der Waals surface area contributed by atoms with Crippen LogP contribution in [0.1, 0.15) is 30.8 Å². The number of aromatic amines is 1. The quantitative estimate of drug-likeness (QED) is 0.859. The molecule has 0 atom stereocenters. The minimum Gasteiger partial charge on any atom is -0.326 e. The molecule has 4 heteroatoms. The van der Waals surface area contributed by atoms with Crippen molar-refractivity contribution in [3.8, 4) is 0 Å². The van der Waals surface area contributed by atoms with Crippen LogP contribution in [0.15, 0.2) is 41.3 Å². The van der Waals surface area contributed by atoms with Crippen molar-refractivity contribution < 1.29 is 0 Å². The third-order valence-electron chi connectivity index (χ3n) is 3.18. The predicted molar refractivity (Wildman–Crippen MR) is 71.3 cm³/mol. The zero-order valence-corrected chi connectivity index (χ0v) is 10.6. The van der Waals surface area contributed by atoms with E-state index in [0.29, 0.717) is 11.4 Å². The second-order valence-electron chi connectivity index (χ2n) is 4.78. The van der Waals surface area contributed by atoms with Crippen molar-refractivity contribution in [2.75, 3.05) is 0 Å². The van der Waals surface area contributed by atoms with E-state index in [0.717, 1.165) is 5.56 Å². The van der Waals surface area contributed by atoms with Crippen molar-refractivity contribution >= 4 is 0 Å². The highest BCUT2D eigenvalue weighted by Crippen LogP contribution is 2.27. The second kappa shape index (κ2) is 4.74. The van der Waals surface area contributed by atoms with Gasteiger partial charge in [0.05, 0.1) is 0 Å². The molecule has 18 heavy (non-hydrogen) atoms. The lowest BCUT2D eigenvalue weighted by Gasteiger charge is -2.24. The number of hydrogen-bond donors (Lipinski definition) is 2. The van der Waals surface area contributed by atoms with E-state index in [1.54, 1.807) is 6.20 Å². The molecule has 0 aliphatic rings. The van der Waals surface area contributed by atoms with Gasteiger partial charge < -0.3 is 10.7 Å². The molecule has 0 radical (unpaired) electrons. The molecule has 0 bridgehead atoms. The normalized spacial score (nSPS) is 11.5. The molecule has 0 unspecified atom stereocenters. The third kappa shape index (κ3) is 2.19. The van der Waals surface area contributed by atoms with Crippen molar-refractivity contribution in [2.45, 2.75) is 25.8 Å². The second-order valence-corrected chi connectivity index (χ2v) is 4.78. The maximum atomic E-state index is 11.8. The number of nitrogens with zero attached hydrogens (tertiary/aromatic N) is 1. The first-order chi connectivity index (χ1) is 8.55.